The second kappa shape index (κ2) is 6.81. The van der Waals surface area contributed by atoms with E-state index < -0.39 is 11.6 Å². The first-order valence-corrected chi connectivity index (χ1v) is 7.83. The summed E-state index contributed by atoms with van der Waals surface area (Å²) in [6.45, 7) is 3.81. The normalized spacial score (nSPS) is 10.7. The van der Waals surface area contributed by atoms with E-state index >= 15 is 0 Å². The highest BCUT2D eigenvalue weighted by molar-refractivity contribution is 5.91. The molecule has 3 rings (SSSR count). The van der Waals surface area contributed by atoms with Gasteiger partial charge in [-0.2, -0.15) is 0 Å². The van der Waals surface area contributed by atoms with Gasteiger partial charge in [0.15, 0.2) is 0 Å². The smallest absolute Gasteiger partial charge is 0.338 e. The van der Waals surface area contributed by atoms with E-state index in [4.69, 9.17) is 13.9 Å². The van der Waals surface area contributed by atoms with E-state index in [2.05, 4.69) is 0 Å². The molecule has 1 aromatic heterocycles. The van der Waals surface area contributed by atoms with Gasteiger partial charge in [-0.3, -0.25) is 0 Å². The maximum Gasteiger partial charge on any atom is 0.338 e. The van der Waals surface area contributed by atoms with Crippen LogP contribution in [0.5, 0.6) is 5.75 Å². The van der Waals surface area contributed by atoms with Gasteiger partial charge in [-0.15, -0.1) is 0 Å². The molecule has 0 aliphatic carbocycles. The van der Waals surface area contributed by atoms with Crippen LogP contribution in [0, 0.1) is 13.8 Å². The third kappa shape index (κ3) is 3.40. The monoisotopic (exact) mass is 338 g/mol. The zero-order valence-corrected chi connectivity index (χ0v) is 14.3. The number of fused-ring (bicyclic) bond motifs is 1. The van der Waals surface area contributed by atoms with Gasteiger partial charge in [0, 0.05) is 23.1 Å². The second-order valence-electron chi connectivity index (χ2n) is 5.78. The Bertz CT molecular complexity index is 1000. The van der Waals surface area contributed by atoms with Gasteiger partial charge >= 0.3 is 11.6 Å². The first-order chi connectivity index (χ1) is 12.0. The molecule has 0 atom stereocenters. The summed E-state index contributed by atoms with van der Waals surface area (Å²) >= 11 is 0. The molecular formula is C20H18O5. The minimum absolute atomic E-state index is 0.0132. The number of methoxy groups -OCH3 is 1. The van der Waals surface area contributed by atoms with Gasteiger partial charge in [0.05, 0.1) is 12.7 Å². The number of rotatable bonds is 4. The van der Waals surface area contributed by atoms with Crippen molar-refractivity contribution in [1.29, 1.82) is 0 Å². The Labute approximate surface area is 144 Å². The molecule has 1 heterocycles. The quantitative estimate of drug-likeness (QED) is 0.535. The maximum absolute atomic E-state index is 12.4. The molecule has 0 aliphatic heterocycles. The topological polar surface area (TPSA) is 65.7 Å². The Morgan fingerprint density at radius 1 is 1.12 bits per heavy atom. The van der Waals surface area contributed by atoms with Crippen LogP contribution in [-0.2, 0) is 11.3 Å². The number of aryl methyl sites for hydroxylation is 1. The number of esters is 1. The van der Waals surface area contributed by atoms with Crippen LogP contribution in [-0.4, -0.2) is 13.1 Å². The molecule has 0 N–H and O–H groups in total. The summed E-state index contributed by atoms with van der Waals surface area (Å²) in [4.78, 5) is 24.1. The van der Waals surface area contributed by atoms with Gasteiger partial charge in [-0.25, -0.2) is 9.59 Å². The Morgan fingerprint density at radius 2 is 1.92 bits per heavy atom. The largest absolute Gasteiger partial charge is 0.497 e. The Kier molecular flexibility index (Phi) is 4.57. The lowest BCUT2D eigenvalue weighted by Gasteiger charge is -2.10. The van der Waals surface area contributed by atoms with E-state index in [1.54, 1.807) is 24.3 Å². The molecule has 128 valence electrons. The van der Waals surface area contributed by atoms with Crippen molar-refractivity contribution in [3.05, 3.63) is 75.1 Å². The molecule has 0 radical (unpaired) electrons. The maximum atomic E-state index is 12.4. The summed E-state index contributed by atoms with van der Waals surface area (Å²) in [6, 6.07) is 12.0. The van der Waals surface area contributed by atoms with Crippen LogP contribution in [0.2, 0.25) is 0 Å². The van der Waals surface area contributed by atoms with Crippen LogP contribution >= 0.6 is 0 Å². The molecule has 0 aliphatic rings. The van der Waals surface area contributed by atoms with Crippen LogP contribution in [0.1, 0.15) is 27.0 Å². The van der Waals surface area contributed by atoms with Crippen molar-refractivity contribution in [2.24, 2.45) is 0 Å². The van der Waals surface area contributed by atoms with Crippen molar-refractivity contribution in [3.8, 4) is 5.75 Å². The van der Waals surface area contributed by atoms with E-state index in [1.807, 2.05) is 26.0 Å². The van der Waals surface area contributed by atoms with Crippen LogP contribution < -0.4 is 10.4 Å². The molecule has 5 nitrogen and oxygen atoms in total. The SMILES string of the molecule is COc1ccc2c(COC(=O)c3cccc(C)c3C)cc(=O)oc2c1. The molecule has 0 saturated heterocycles. The second-order valence-corrected chi connectivity index (χ2v) is 5.78. The lowest BCUT2D eigenvalue weighted by molar-refractivity contribution is 0.0473. The first kappa shape index (κ1) is 16.8. The highest BCUT2D eigenvalue weighted by atomic mass is 16.5. The average molecular weight is 338 g/mol. The van der Waals surface area contributed by atoms with Gasteiger partial charge in [-0.1, -0.05) is 12.1 Å². The minimum atomic E-state index is -0.501. The van der Waals surface area contributed by atoms with Crippen LogP contribution in [0.25, 0.3) is 11.0 Å². The molecule has 25 heavy (non-hydrogen) atoms. The molecular weight excluding hydrogens is 320 g/mol. The summed E-state index contributed by atoms with van der Waals surface area (Å²) < 4.78 is 15.7. The summed E-state index contributed by atoms with van der Waals surface area (Å²) in [5.74, 6) is 0.163. The van der Waals surface area contributed by atoms with Crippen LogP contribution in [0.3, 0.4) is 0 Å². The van der Waals surface area contributed by atoms with E-state index in [0.29, 0.717) is 27.8 Å². The van der Waals surface area contributed by atoms with Crippen molar-refractivity contribution in [1.82, 2.24) is 0 Å². The van der Waals surface area contributed by atoms with Crippen molar-refractivity contribution >= 4 is 16.9 Å². The highest BCUT2D eigenvalue weighted by Gasteiger charge is 2.14. The van der Waals surface area contributed by atoms with Gasteiger partial charge in [0.2, 0.25) is 0 Å². The molecule has 5 heteroatoms. The molecule has 0 fully saturated rings. The summed E-state index contributed by atoms with van der Waals surface area (Å²) in [7, 11) is 1.54. The summed E-state index contributed by atoms with van der Waals surface area (Å²) in [5, 5.41) is 0.703. The Balaban J connectivity index is 1.89. The van der Waals surface area contributed by atoms with E-state index in [0.717, 1.165) is 11.1 Å². The molecule has 2 aromatic carbocycles. The van der Waals surface area contributed by atoms with Crippen LogP contribution in [0.4, 0.5) is 0 Å². The number of carbonyl (C=O) groups excluding carboxylic acids is 1. The lowest BCUT2D eigenvalue weighted by Crippen LogP contribution is -2.09. The Morgan fingerprint density at radius 3 is 2.68 bits per heavy atom. The van der Waals surface area contributed by atoms with Gasteiger partial charge < -0.3 is 13.9 Å². The fraction of sp³-hybridized carbons (Fsp3) is 0.200. The molecule has 0 saturated carbocycles. The van der Waals surface area contributed by atoms with E-state index in [-0.39, 0.29) is 6.61 Å². The third-order valence-electron chi connectivity index (χ3n) is 4.22. The third-order valence-corrected chi connectivity index (χ3v) is 4.22. The fourth-order valence-corrected chi connectivity index (χ4v) is 2.65. The molecule has 0 amide bonds. The number of hydrogen-bond acceptors (Lipinski definition) is 5. The average Bonchev–Trinajstić information content (AvgIpc) is 2.60. The predicted octanol–water partition coefficient (Wildman–Crippen LogP) is 3.78. The van der Waals surface area contributed by atoms with Gasteiger partial charge in [0.25, 0.3) is 0 Å². The number of hydrogen-bond donors (Lipinski definition) is 0. The fourth-order valence-electron chi connectivity index (χ4n) is 2.65. The van der Waals surface area contributed by atoms with Crippen molar-refractivity contribution < 1.29 is 18.7 Å². The van der Waals surface area contributed by atoms with Crippen molar-refractivity contribution in [3.63, 3.8) is 0 Å². The summed E-state index contributed by atoms with van der Waals surface area (Å²) in [5.41, 5.74) is 2.91. The van der Waals surface area contributed by atoms with Gasteiger partial charge in [0.1, 0.15) is 17.9 Å². The molecule has 0 bridgehead atoms. The van der Waals surface area contributed by atoms with Crippen LogP contribution in [0.15, 0.2) is 51.7 Å². The first-order valence-electron chi connectivity index (χ1n) is 7.83. The zero-order chi connectivity index (χ0) is 18.0. The lowest BCUT2D eigenvalue weighted by atomic mass is 10.0. The van der Waals surface area contributed by atoms with Gasteiger partial charge in [-0.05, 0) is 43.2 Å². The standard InChI is InChI=1S/C20H18O5/c1-12-5-4-6-16(13(12)2)20(22)24-11-14-9-19(21)25-18-10-15(23-3)7-8-17(14)18/h4-10H,11H2,1-3H3. The molecule has 0 unspecified atom stereocenters. The number of benzene rings is 2. The molecule has 0 spiro atoms. The number of carbonyl (C=O) groups is 1. The van der Waals surface area contributed by atoms with E-state index in [9.17, 15) is 9.59 Å². The number of ether oxygens (including phenoxy) is 2. The highest BCUT2D eigenvalue weighted by Crippen LogP contribution is 2.23. The predicted molar refractivity (Wildman–Crippen MR) is 94.1 cm³/mol. The minimum Gasteiger partial charge on any atom is -0.497 e. The van der Waals surface area contributed by atoms with Crippen molar-refractivity contribution in [2.75, 3.05) is 7.11 Å². The van der Waals surface area contributed by atoms with E-state index in [1.165, 1.54) is 13.2 Å². The summed E-state index contributed by atoms with van der Waals surface area (Å²) in [6.07, 6.45) is 0. The van der Waals surface area contributed by atoms with Crippen molar-refractivity contribution in [2.45, 2.75) is 20.5 Å². The molecule has 3 aromatic rings. The zero-order valence-electron chi connectivity index (χ0n) is 14.3. The Hall–Kier alpha value is -3.08.